The first-order valence-corrected chi connectivity index (χ1v) is 6.79. The summed E-state index contributed by atoms with van der Waals surface area (Å²) in [5.41, 5.74) is 10.0. The molecule has 1 aromatic heterocycles. The van der Waals surface area contributed by atoms with Gasteiger partial charge in [-0.25, -0.2) is 0 Å². The molecule has 0 atom stereocenters. The Balaban J connectivity index is 2.60. The quantitative estimate of drug-likeness (QED) is 0.734. The molecule has 0 aliphatic carbocycles. The molecular formula is C12H11BrClNS. The van der Waals surface area contributed by atoms with Crippen LogP contribution in [0.5, 0.6) is 0 Å². The van der Waals surface area contributed by atoms with Crippen LogP contribution in [0.15, 0.2) is 22.7 Å². The van der Waals surface area contributed by atoms with Gasteiger partial charge in [-0.3, -0.25) is 0 Å². The third-order valence-electron chi connectivity index (χ3n) is 2.48. The minimum Gasteiger partial charge on any atom is -0.398 e. The third-order valence-corrected chi connectivity index (χ3v) is 4.72. The van der Waals surface area contributed by atoms with E-state index < -0.39 is 0 Å². The molecule has 2 aromatic rings. The molecule has 1 heterocycles. The molecule has 1 aromatic carbocycles. The van der Waals surface area contributed by atoms with Crippen molar-refractivity contribution in [2.24, 2.45) is 0 Å². The molecule has 16 heavy (non-hydrogen) atoms. The number of thiophene rings is 1. The van der Waals surface area contributed by atoms with Crippen LogP contribution in [0.2, 0.25) is 4.34 Å². The highest BCUT2D eigenvalue weighted by atomic mass is 79.9. The fraction of sp³-hybridized carbons (Fsp3) is 0.167. The number of aryl methyl sites for hydroxylation is 2. The van der Waals surface area contributed by atoms with Gasteiger partial charge < -0.3 is 5.73 Å². The summed E-state index contributed by atoms with van der Waals surface area (Å²) < 4.78 is 1.89. The van der Waals surface area contributed by atoms with Gasteiger partial charge in [0.2, 0.25) is 0 Å². The van der Waals surface area contributed by atoms with Gasteiger partial charge in [0.15, 0.2) is 0 Å². The van der Waals surface area contributed by atoms with Gasteiger partial charge in [0.1, 0.15) is 0 Å². The van der Waals surface area contributed by atoms with Crippen molar-refractivity contribution in [1.29, 1.82) is 0 Å². The smallest absolute Gasteiger partial charge is 0.0963 e. The minimum atomic E-state index is 0.806. The molecular weight excluding hydrogens is 306 g/mol. The van der Waals surface area contributed by atoms with E-state index in [0.717, 1.165) is 36.1 Å². The lowest BCUT2D eigenvalue weighted by molar-refractivity contribution is 1.45. The molecule has 0 bridgehead atoms. The van der Waals surface area contributed by atoms with Crippen LogP contribution in [-0.2, 0) is 0 Å². The molecule has 0 aliphatic rings. The maximum atomic E-state index is 6.07. The Morgan fingerprint density at radius 2 is 1.88 bits per heavy atom. The number of rotatable bonds is 1. The number of hydrogen-bond acceptors (Lipinski definition) is 2. The van der Waals surface area contributed by atoms with E-state index in [1.807, 2.05) is 26.0 Å². The normalized spacial score (nSPS) is 10.8. The molecule has 84 valence electrons. The van der Waals surface area contributed by atoms with Crippen molar-refractivity contribution in [1.82, 2.24) is 0 Å². The number of halogens is 2. The third kappa shape index (κ3) is 2.12. The standard InChI is InChI=1S/C12H11BrClNS/c1-6-3-9(13)8(5-10(6)15)11-4-7(2)12(14)16-11/h3-5H,15H2,1-2H3. The van der Waals surface area contributed by atoms with Gasteiger partial charge in [-0.1, -0.05) is 27.5 Å². The number of nitrogens with two attached hydrogens (primary N) is 1. The van der Waals surface area contributed by atoms with E-state index in [1.165, 1.54) is 0 Å². The average molecular weight is 317 g/mol. The van der Waals surface area contributed by atoms with Crippen LogP contribution in [-0.4, -0.2) is 0 Å². The van der Waals surface area contributed by atoms with Crippen LogP contribution in [0.3, 0.4) is 0 Å². The SMILES string of the molecule is Cc1cc(Br)c(-c2cc(C)c(Cl)s2)cc1N. The van der Waals surface area contributed by atoms with Crippen molar-refractivity contribution in [3.05, 3.63) is 38.1 Å². The molecule has 0 saturated heterocycles. The van der Waals surface area contributed by atoms with Crippen LogP contribution in [0.1, 0.15) is 11.1 Å². The molecule has 1 nitrogen and oxygen atoms in total. The predicted molar refractivity (Wildman–Crippen MR) is 76.4 cm³/mol. The summed E-state index contributed by atoms with van der Waals surface area (Å²) in [7, 11) is 0. The average Bonchev–Trinajstić information content (AvgIpc) is 2.53. The Hall–Kier alpha value is -0.510. The van der Waals surface area contributed by atoms with E-state index in [9.17, 15) is 0 Å². The van der Waals surface area contributed by atoms with E-state index in [1.54, 1.807) is 11.3 Å². The minimum absolute atomic E-state index is 0.806. The second-order valence-corrected chi connectivity index (χ2v) is 6.26. The zero-order valence-corrected chi connectivity index (χ0v) is 12.1. The zero-order valence-electron chi connectivity index (χ0n) is 8.97. The van der Waals surface area contributed by atoms with Crippen molar-refractivity contribution in [2.45, 2.75) is 13.8 Å². The lowest BCUT2D eigenvalue weighted by atomic mass is 10.1. The summed E-state index contributed by atoms with van der Waals surface area (Å²) in [6.07, 6.45) is 0. The lowest BCUT2D eigenvalue weighted by Crippen LogP contribution is -1.90. The first kappa shape index (κ1) is 12.0. The van der Waals surface area contributed by atoms with Crippen LogP contribution in [0, 0.1) is 13.8 Å². The van der Waals surface area contributed by atoms with Crippen molar-refractivity contribution >= 4 is 44.6 Å². The van der Waals surface area contributed by atoms with E-state index in [-0.39, 0.29) is 0 Å². The first-order chi connectivity index (χ1) is 7.49. The Bertz CT molecular complexity index is 529. The first-order valence-electron chi connectivity index (χ1n) is 4.81. The van der Waals surface area contributed by atoms with E-state index in [2.05, 4.69) is 22.0 Å². The summed E-state index contributed by atoms with van der Waals surface area (Å²) in [4.78, 5) is 1.14. The van der Waals surface area contributed by atoms with Gasteiger partial charge in [0.25, 0.3) is 0 Å². The summed E-state index contributed by atoms with van der Waals surface area (Å²) in [5.74, 6) is 0. The Kier molecular flexibility index (Phi) is 3.29. The highest BCUT2D eigenvalue weighted by molar-refractivity contribution is 9.10. The number of anilines is 1. The summed E-state index contributed by atoms with van der Waals surface area (Å²) >= 11 is 11.2. The van der Waals surface area contributed by atoms with Crippen molar-refractivity contribution in [3.8, 4) is 10.4 Å². The second kappa shape index (κ2) is 4.40. The van der Waals surface area contributed by atoms with Gasteiger partial charge in [0, 0.05) is 20.6 Å². The molecule has 0 saturated carbocycles. The predicted octanol–water partition coefficient (Wildman–Crippen LogP) is 5.03. The summed E-state index contributed by atoms with van der Waals surface area (Å²) in [6, 6.07) is 6.11. The Morgan fingerprint density at radius 1 is 1.19 bits per heavy atom. The molecule has 0 fully saturated rings. The number of benzene rings is 1. The maximum absolute atomic E-state index is 6.07. The molecule has 4 heteroatoms. The molecule has 0 radical (unpaired) electrons. The van der Waals surface area contributed by atoms with Crippen LogP contribution >= 0.6 is 38.9 Å². The topological polar surface area (TPSA) is 26.0 Å². The Morgan fingerprint density at radius 3 is 2.44 bits per heavy atom. The van der Waals surface area contributed by atoms with Crippen molar-refractivity contribution in [3.63, 3.8) is 0 Å². The van der Waals surface area contributed by atoms with Crippen LogP contribution in [0.4, 0.5) is 5.69 Å². The van der Waals surface area contributed by atoms with Crippen molar-refractivity contribution < 1.29 is 0 Å². The molecule has 0 aliphatic heterocycles. The molecule has 0 spiro atoms. The highest BCUT2D eigenvalue weighted by Gasteiger charge is 2.10. The van der Waals surface area contributed by atoms with E-state index >= 15 is 0 Å². The van der Waals surface area contributed by atoms with Gasteiger partial charge >= 0.3 is 0 Å². The monoisotopic (exact) mass is 315 g/mol. The highest BCUT2D eigenvalue weighted by Crippen LogP contribution is 2.39. The van der Waals surface area contributed by atoms with Gasteiger partial charge in [-0.15, -0.1) is 11.3 Å². The molecule has 0 amide bonds. The van der Waals surface area contributed by atoms with Gasteiger partial charge in [-0.05, 0) is 43.2 Å². The maximum Gasteiger partial charge on any atom is 0.0963 e. The van der Waals surface area contributed by atoms with Crippen LogP contribution in [0.25, 0.3) is 10.4 Å². The van der Waals surface area contributed by atoms with E-state index in [0.29, 0.717) is 0 Å². The van der Waals surface area contributed by atoms with Gasteiger partial charge in [-0.2, -0.15) is 0 Å². The second-order valence-electron chi connectivity index (χ2n) is 3.76. The fourth-order valence-corrected chi connectivity index (χ4v) is 3.50. The largest absolute Gasteiger partial charge is 0.398 e. The molecule has 2 rings (SSSR count). The zero-order chi connectivity index (χ0) is 11.9. The summed E-state index contributed by atoms with van der Waals surface area (Å²) in [5, 5.41) is 0. The van der Waals surface area contributed by atoms with Crippen LogP contribution < -0.4 is 5.73 Å². The Labute approximate surface area is 112 Å². The van der Waals surface area contributed by atoms with E-state index in [4.69, 9.17) is 17.3 Å². The van der Waals surface area contributed by atoms with Gasteiger partial charge in [0.05, 0.1) is 4.34 Å². The fourth-order valence-electron chi connectivity index (χ4n) is 1.47. The molecule has 2 N–H and O–H groups in total. The lowest BCUT2D eigenvalue weighted by Gasteiger charge is -2.06. The summed E-state index contributed by atoms with van der Waals surface area (Å²) in [6.45, 7) is 4.00. The molecule has 0 unspecified atom stereocenters. The van der Waals surface area contributed by atoms with Crippen molar-refractivity contribution in [2.75, 3.05) is 5.73 Å². The number of nitrogen functional groups attached to an aromatic ring is 1. The number of hydrogen-bond donors (Lipinski definition) is 1.